The number of hydrogen-bond donors (Lipinski definition) is 1. The van der Waals surface area contributed by atoms with Crippen LogP contribution < -0.4 is 86.9 Å². The Hall–Kier alpha value is -4.22. The highest BCUT2D eigenvalue weighted by Crippen LogP contribution is 2.24. The Morgan fingerprint density at radius 2 is 0.891 bits per heavy atom. The summed E-state index contributed by atoms with van der Waals surface area (Å²) in [5.74, 6) is 0.274. The maximum atomic E-state index is 13.1. The summed E-state index contributed by atoms with van der Waals surface area (Å²) >= 11 is 8.15. The Bertz CT molecular complexity index is 3750. The average Bonchev–Trinajstić information content (AvgIpc) is 1.72. The van der Waals surface area contributed by atoms with Gasteiger partial charge in [0, 0.05) is 69.9 Å². The molecule has 3 amide bonds. The third-order valence-electron chi connectivity index (χ3n) is 21.9. The van der Waals surface area contributed by atoms with Gasteiger partial charge in [0.25, 0.3) is 23.5 Å². The van der Waals surface area contributed by atoms with Crippen molar-refractivity contribution in [1.29, 1.82) is 0 Å². The van der Waals surface area contributed by atoms with Gasteiger partial charge in [0.05, 0.1) is 65.2 Å². The van der Waals surface area contributed by atoms with Gasteiger partial charge in [-0.1, -0.05) is 326 Å². The molecule has 0 atom stereocenters. The molecule has 18 nitrogen and oxygen atoms in total. The van der Waals surface area contributed by atoms with Crippen molar-refractivity contribution in [3.63, 3.8) is 0 Å². The second-order valence-corrected chi connectivity index (χ2v) is 36.0. The van der Waals surface area contributed by atoms with Crippen LogP contribution in [0.4, 0.5) is 5.13 Å². The highest BCUT2D eigenvalue weighted by molar-refractivity contribution is 7.14. The summed E-state index contributed by atoms with van der Waals surface area (Å²) in [5.41, 5.74) is 15.4. The summed E-state index contributed by atoms with van der Waals surface area (Å²) < 4.78 is 29.2. The summed E-state index contributed by atoms with van der Waals surface area (Å²) in [5, 5.41) is 11.2. The molecule has 6 aromatic heterocycles. The van der Waals surface area contributed by atoms with Crippen LogP contribution in [0, 0.1) is 27.7 Å². The van der Waals surface area contributed by atoms with E-state index in [9.17, 15) is 24.0 Å². The number of rotatable bonds is 55. The quantitative estimate of drug-likeness (QED) is 0.0166. The smallest absolute Gasteiger partial charge is 0.311 e. The van der Waals surface area contributed by atoms with E-state index in [1.807, 2.05) is 95.5 Å². The third-order valence-corrected chi connectivity index (χ3v) is 26.6. The van der Waals surface area contributed by atoms with Crippen LogP contribution in [0.3, 0.4) is 0 Å². The van der Waals surface area contributed by atoms with E-state index < -0.39 is 0 Å². The van der Waals surface area contributed by atoms with Crippen LogP contribution in [0.5, 0.6) is 0 Å². The number of ether oxygens (including phenoxy) is 3. The lowest BCUT2D eigenvalue weighted by Gasteiger charge is -2.25. The number of unbranched alkanes of at least 4 members (excludes halogenated alkanes) is 35. The normalized spacial score (nSPS) is 12.3. The second kappa shape index (κ2) is 70.0. The fraction of sp³-hybridized carbons (Fsp3) is 0.685. The van der Waals surface area contributed by atoms with E-state index >= 15 is 0 Å². The molecule has 0 saturated carbocycles. The molecule has 0 unspecified atom stereocenters. The third kappa shape index (κ3) is 47.1. The van der Waals surface area contributed by atoms with Crippen molar-refractivity contribution >= 4 is 91.3 Å². The van der Waals surface area contributed by atoms with Crippen LogP contribution in [0.25, 0.3) is 11.3 Å². The van der Waals surface area contributed by atoms with Gasteiger partial charge >= 0.3 is 5.97 Å². The van der Waals surface area contributed by atoms with Crippen LogP contribution in [0.15, 0.2) is 73.7 Å². The summed E-state index contributed by atoms with van der Waals surface area (Å²) in [6.45, 7) is 24.2. The van der Waals surface area contributed by atoms with Crippen LogP contribution in [-0.2, 0) is 85.3 Å². The number of halogens is 4. The van der Waals surface area contributed by atoms with Crippen LogP contribution in [-0.4, -0.2) is 109 Å². The first-order valence-corrected chi connectivity index (χ1v) is 49.1. The lowest BCUT2D eigenvalue weighted by atomic mass is 10.0. The van der Waals surface area contributed by atoms with Gasteiger partial charge in [-0.2, -0.15) is 18.3 Å². The van der Waals surface area contributed by atoms with E-state index in [0.717, 1.165) is 50.3 Å². The molecule has 8 heterocycles. The molecule has 2 saturated heterocycles. The molecule has 0 aliphatic carbocycles. The van der Waals surface area contributed by atoms with E-state index in [2.05, 4.69) is 65.5 Å². The summed E-state index contributed by atoms with van der Waals surface area (Å²) in [7, 11) is 0. The lowest BCUT2D eigenvalue weighted by molar-refractivity contribution is -0.688. The SMILES string of the molecule is CCCCCCCCCCCCCCCCCCc1sc[n+](CC(=O)N2CCOCC2)c1CCCCCCCCCCCCCCCCCC.CCCCCCCCc1csc[n+]1CC(=O)c1cc(-c2ccccc2)no1.CCOC(=O)Cc1csc(NC(=O)C[n+]2csc(C)c2C)n1.Cc1sc[n+](CC(=O)N2CCOCC2)c1C.[Br-].[Br-].[Br-].[Cl-]. The molecule has 1 N–H and O–H groups in total. The second-order valence-electron chi connectivity index (χ2n) is 31.3. The standard InChI is InChI=1S/C45H85N2O2S.C22H27N2O2S.C14H17N3O3S2.C11H17N2O2S.3BrH.ClH/c1-3-5-7-9-11-13-15-17-19-21-23-25-27-29-31-33-35-43-44(50-42-47(43)41-45(48)46-37-39-49-40-38-46)36-34-32-30-28-26-24-22-20-18-16-14-12-10-8-6-4-2;1-2-3-4-5-6-10-13-19-16-27-17-24(19)15-21(25)22-14-20(23-26-22)18-11-8-7-9-12-18;1-4-20-13(19)5-11-7-21-14(15-11)16-12(18)6-17-8-22-10(3)9(17)2;1-9-10(2)16-8-13(9)7-11(14)12-3-5-15-6-4-12;;;;/h42H,3-41H2,1-2H3;7-9,11-12,14,16-17H,2-6,10,13,15H2,1H3;7-8H,4-6H2,1-3H3;8H,3-7H2,1-2H3;4*1H/q2*+1;;+1;;;;/p-3. The van der Waals surface area contributed by atoms with Gasteiger partial charge in [-0.15, -0.1) is 11.3 Å². The van der Waals surface area contributed by atoms with Crippen molar-refractivity contribution in [3.8, 4) is 11.3 Å². The number of nitrogens with zero attached hydrogens (tertiary/aromatic N) is 8. The van der Waals surface area contributed by atoms with E-state index in [4.69, 9.17) is 18.7 Å². The number of nitrogens with one attached hydrogen (secondary N) is 1. The highest BCUT2D eigenvalue weighted by atomic mass is 79.9. The number of anilines is 1. The first kappa shape index (κ1) is 111. The van der Waals surface area contributed by atoms with E-state index in [0.29, 0.717) is 74.9 Å². The molecule has 27 heteroatoms. The molecular formula is C92H147Br3ClN9O9S5. The van der Waals surface area contributed by atoms with Gasteiger partial charge in [0.2, 0.25) is 54.0 Å². The van der Waals surface area contributed by atoms with Gasteiger partial charge in [0.1, 0.15) is 5.69 Å². The molecule has 1 aromatic carbocycles. The van der Waals surface area contributed by atoms with Gasteiger partial charge in [-0.05, 0) is 46.5 Å². The molecule has 2 aliphatic rings. The van der Waals surface area contributed by atoms with E-state index in [1.54, 1.807) is 57.3 Å². The summed E-state index contributed by atoms with van der Waals surface area (Å²) in [4.78, 5) is 73.2. The number of hydrogen-bond acceptors (Lipinski definition) is 16. The van der Waals surface area contributed by atoms with Crippen LogP contribution in [0.2, 0.25) is 0 Å². The molecule has 0 spiro atoms. The monoisotopic (exact) mass is 1950 g/mol. The Morgan fingerprint density at radius 1 is 0.471 bits per heavy atom. The zero-order chi connectivity index (χ0) is 82.1. The molecule has 2 aliphatic heterocycles. The van der Waals surface area contributed by atoms with Crippen molar-refractivity contribution in [2.75, 3.05) is 64.5 Å². The van der Waals surface area contributed by atoms with E-state index in [-0.39, 0.29) is 106 Å². The minimum absolute atomic E-state index is 0. The number of morpholine rings is 2. The first-order chi connectivity index (χ1) is 56.2. The average molecular weight is 1960 g/mol. The number of ketones is 1. The number of esters is 1. The molecule has 7 aromatic rings. The Morgan fingerprint density at radius 3 is 1.34 bits per heavy atom. The first-order valence-electron chi connectivity index (χ1n) is 44.7. The van der Waals surface area contributed by atoms with Gasteiger partial charge in [-0.25, -0.2) is 4.98 Å². The largest absolute Gasteiger partial charge is 1.00 e. The maximum Gasteiger partial charge on any atom is 0.311 e. The molecule has 119 heavy (non-hydrogen) atoms. The minimum Gasteiger partial charge on any atom is -1.00 e. The number of carbonyl (C=O) groups excluding carboxylic acids is 5. The van der Waals surface area contributed by atoms with Crippen molar-refractivity contribution in [2.24, 2.45) is 0 Å². The number of thiazole rings is 5. The Balaban J connectivity index is 0.000000583. The topological polar surface area (TPSA) is 186 Å². The number of Topliss-reactive ketones (excluding diaryl/α,β-unsaturated/α-hetero) is 1. The zero-order valence-corrected chi connectivity index (χ0v) is 83.2. The Kier molecular flexibility index (Phi) is 65.2. The van der Waals surface area contributed by atoms with Crippen molar-refractivity contribution < 1.29 is 124 Å². The van der Waals surface area contributed by atoms with Crippen molar-refractivity contribution in [1.82, 2.24) is 19.9 Å². The van der Waals surface area contributed by atoms with Gasteiger partial charge in [0.15, 0.2) is 27.9 Å². The number of carbonyl (C=O) groups is 5. The fourth-order valence-corrected chi connectivity index (χ4v) is 18.6. The number of aromatic nitrogens is 6. The van der Waals surface area contributed by atoms with Gasteiger partial charge < -0.3 is 91.9 Å². The maximum absolute atomic E-state index is 13.1. The van der Waals surface area contributed by atoms with Crippen LogP contribution in [0.1, 0.15) is 325 Å². The Labute approximate surface area is 774 Å². The lowest BCUT2D eigenvalue weighted by Crippen LogP contribution is -3.00. The molecule has 0 bridgehead atoms. The molecular weight excluding hydrogens is 1810 g/mol. The molecule has 9 rings (SSSR count). The van der Waals surface area contributed by atoms with Crippen molar-refractivity contribution in [2.45, 2.75) is 351 Å². The predicted molar refractivity (Wildman–Crippen MR) is 473 cm³/mol. The predicted octanol–water partition coefficient (Wildman–Crippen LogP) is 9.36. The number of benzene rings is 1. The van der Waals surface area contributed by atoms with Crippen molar-refractivity contribution in [3.05, 3.63) is 118 Å². The van der Waals surface area contributed by atoms with Gasteiger partial charge in [-0.3, -0.25) is 29.3 Å². The highest BCUT2D eigenvalue weighted by Gasteiger charge is 2.28. The zero-order valence-electron chi connectivity index (χ0n) is 73.6. The molecule has 672 valence electrons. The number of aryl methyl sites for hydroxylation is 4. The summed E-state index contributed by atoms with van der Waals surface area (Å²) in [6, 6.07) is 11.5. The molecule has 0 radical (unpaired) electrons. The molecule has 2 fully saturated rings. The van der Waals surface area contributed by atoms with Crippen LogP contribution >= 0.6 is 56.7 Å². The van der Waals surface area contributed by atoms with E-state index in [1.165, 1.54) is 289 Å². The fourth-order valence-electron chi connectivity index (χ4n) is 14.4. The number of amides is 3. The summed E-state index contributed by atoms with van der Waals surface area (Å²) in [6.07, 6.45) is 56.3. The minimum atomic E-state index is -0.314.